The van der Waals surface area contributed by atoms with Crippen LogP contribution in [0.25, 0.3) is 0 Å². The van der Waals surface area contributed by atoms with Crippen molar-refractivity contribution in [1.82, 2.24) is 5.32 Å². The second-order valence-corrected chi connectivity index (χ2v) is 2.57. The Morgan fingerprint density at radius 3 is 2.57 bits per heavy atom. The molecule has 0 aliphatic heterocycles. The lowest BCUT2D eigenvalue weighted by atomic mass is 10.3. The van der Waals surface area contributed by atoms with Crippen molar-refractivity contribution in [2.45, 2.75) is 0 Å². The van der Waals surface area contributed by atoms with E-state index in [0.717, 1.165) is 0 Å². The first-order chi connectivity index (χ1) is 6.68. The topological polar surface area (TPSA) is 78.8 Å². The molecule has 1 rings (SSSR count). The van der Waals surface area contributed by atoms with Crippen molar-refractivity contribution in [2.75, 3.05) is 13.2 Å². The summed E-state index contributed by atoms with van der Waals surface area (Å²) in [5.74, 6) is 0.760. The van der Waals surface area contributed by atoms with E-state index in [1.165, 1.54) is 12.1 Å². The maximum Gasteiger partial charge on any atom is 0.404 e. The summed E-state index contributed by atoms with van der Waals surface area (Å²) in [6.45, 7) is 0.493. The second kappa shape index (κ2) is 4.96. The highest BCUT2D eigenvalue weighted by Gasteiger charge is 1.95. The van der Waals surface area contributed by atoms with Crippen LogP contribution in [0.5, 0.6) is 11.5 Å². The molecule has 0 spiro atoms. The molecule has 3 N–H and O–H groups in total. The van der Waals surface area contributed by atoms with Gasteiger partial charge in [0.2, 0.25) is 0 Å². The number of phenols is 1. The van der Waals surface area contributed by atoms with Gasteiger partial charge in [-0.05, 0) is 24.3 Å². The number of carbonyl (C=O) groups is 1. The Kier molecular flexibility index (Phi) is 3.60. The van der Waals surface area contributed by atoms with Gasteiger partial charge < -0.3 is 20.3 Å². The quantitative estimate of drug-likeness (QED) is 0.630. The lowest BCUT2D eigenvalue weighted by molar-refractivity contribution is 0.191. The van der Waals surface area contributed by atoms with Crippen LogP contribution >= 0.6 is 0 Å². The number of benzene rings is 1. The Morgan fingerprint density at radius 2 is 2.00 bits per heavy atom. The minimum atomic E-state index is -1.07. The average Bonchev–Trinajstić information content (AvgIpc) is 2.15. The van der Waals surface area contributed by atoms with Crippen molar-refractivity contribution < 1.29 is 19.7 Å². The Bertz CT molecular complexity index is 296. The van der Waals surface area contributed by atoms with Crippen LogP contribution in [0, 0.1) is 0 Å². The maximum absolute atomic E-state index is 10.1. The average molecular weight is 197 g/mol. The predicted octanol–water partition coefficient (Wildman–Crippen LogP) is 1.04. The van der Waals surface area contributed by atoms with E-state index >= 15 is 0 Å². The third kappa shape index (κ3) is 3.66. The van der Waals surface area contributed by atoms with E-state index in [4.69, 9.17) is 14.9 Å². The lowest BCUT2D eigenvalue weighted by Crippen LogP contribution is -2.26. The summed E-state index contributed by atoms with van der Waals surface area (Å²) in [6.07, 6.45) is -1.07. The molecule has 76 valence electrons. The fourth-order valence-corrected chi connectivity index (χ4v) is 0.869. The normalized spacial score (nSPS) is 9.43. The van der Waals surface area contributed by atoms with E-state index in [9.17, 15) is 4.79 Å². The van der Waals surface area contributed by atoms with Crippen LogP contribution in [-0.4, -0.2) is 29.5 Å². The van der Waals surface area contributed by atoms with Gasteiger partial charge in [-0.15, -0.1) is 0 Å². The molecule has 14 heavy (non-hydrogen) atoms. The molecule has 5 nitrogen and oxygen atoms in total. The van der Waals surface area contributed by atoms with Gasteiger partial charge >= 0.3 is 6.09 Å². The number of rotatable bonds is 4. The third-order valence-corrected chi connectivity index (χ3v) is 1.48. The van der Waals surface area contributed by atoms with Crippen molar-refractivity contribution in [2.24, 2.45) is 0 Å². The molecular weight excluding hydrogens is 186 g/mol. The summed E-state index contributed by atoms with van der Waals surface area (Å²) in [5.41, 5.74) is 0. The van der Waals surface area contributed by atoms with Gasteiger partial charge in [0.05, 0.1) is 6.54 Å². The van der Waals surface area contributed by atoms with Gasteiger partial charge in [-0.25, -0.2) is 4.79 Å². The van der Waals surface area contributed by atoms with E-state index in [0.29, 0.717) is 5.75 Å². The summed E-state index contributed by atoms with van der Waals surface area (Å²) in [4.78, 5) is 10.1. The monoisotopic (exact) mass is 197 g/mol. The SMILES string of the molecule is O=C(O)NCCOc1ccc(O)cc1. The number of amides is 1. The molecular formula is C9H11NO4. The number of aromatic hydroxyl groups is 1. The van der Waals surface area contributed by atoms with Crippen LogP contribution in [0.4, 0.5) is 4.79 Å². The zero-order chi connectivity index (χ0) is 10.4. The van der Waals surface area contributed by atoms with Gasteiger partial charge in [0.25, 0.3) is 0 Å². The summed E-state index contributed by atoms with van der Waals surface area (Å²) in [6, 6.07) is 6.21. The molecule has 0 aromatic heterocycles. The molecule has 0 bridgehead atoms. The molecule has 1 aromatic carbocycles. The fraction of sp³-hybridized carbons (Fsp3) is 0.222. The van der Waals surface area contributed by atoms with Gasteiger partial charge in [0.15, 0.2) is 0 Å². The molecule has 0 saturated heterocycles. The number of carboxylic acid groups (broad SMARTS) is 1. The van der Waals surface area contributed by atoms with Gasteiger partial charge in [-0.3, -0.25) is 0 Å². The number of hydrogen-bond donors (Lipinski definition) is 3. The number of ether oxygens (including phenoxy) is 1. The minimum Gasteiger partial charge on any atom is -0.508 e. The van der Waals surface area contributed by atoms with Crippen molar-refractivity contribution in [3.05, 3.63) is 24.3 Å². The molecule has 1 amide bonds. The van der Waals surface area contributed by atoms with E-state index in [1.807, 2.05) is 0 Å². The fourth-order valence-electron chi connectivity index (χ4n) is 0.869. The van der Waals surface area contributed by atoms with E-state index < -0.39 is 6.09 Å². The van der Waals surface area contributed by atoms with E-state index in [1.54, 1.807) is 12.1 Å². The number of phenolic OH excluding ortho intramolecular Hbond substituents is 1. The standard InChI is InChI=1S/C9H11NO4/c11-7-1-3-8(4-2-7)14-6-5-10-9(12)13/h1-4,10-11H,5-6H2,(H,12,13). The third-order valence-electron chi connectivity index (χ3n) is 1.48. The molecule has 0 radical (unpaired) electrons. The highest BCUT2D eigenvalue weighted by molar-refractivity contribution is 5.64. The van der Waals surface area contributed by atoms with E-state index in [2.05, 4.69) is 5.32 Å². The molecule has 0 atom stereocenters. The molecule has 0 heterocycles. The first-order valence-electron chi connectivity index (χ1n) is 4.07. The second-order valence-electron chi connectivity index (χ2n) is 2.57. The molecule has 0 saturated carbocycles. The smallest absolute Gasteiger partial charge is 0.404 e. The Hall–Kier alpha value is -1.91. The first-order valence-corrected chi connectivity index (χ1v) is 4.07. The van der Waals surface area contributed by atoms with Gasteiger partial charge in [0, 0.05) is 0 Å². The summed E-state index contributed by atoms with van der Waals surface area (Å²) in [5, 5.41) is 19.4. The number of hydrogen-bond acceptors (Lipinski definition) is 3. The van der Waals surface area contributed by atoms with Gasteiger partial charge in [0.1, 0.15) is 18.1 Å². The predicted molar refractivity (Wildman–Crippen MR) is 49.6 cm³/mol. The van der Waals surface area contributed by atoms with Crippen LogP contribution < -0.4 is 10.1 Å². The Labute approximate surface area is 80.9 Å². The van der Waals surface area contributed by atoms with Crippen molar-refractivity contribution in [1.29, 1.82) is 0 Å². The maximum atomic E-state index is 10.1. The molecule has 0 aliphatic rings. The molecule has 1 aromatic rings. The van der Waals surface area contributed by atoms with Crippen molar-refractivity contribution >= 4 is 6.09 Å². The van der Waals surface area contributed by atoms with Crippen molar-refractivity contribution in [3.8, 4) is 11.5 Å². The van der Waals surface area contributed by atoms with E-state index in [-0.39, 0.29) is 18.9 Å². The van der Waals surface area contributed by atoms with Crippen LogP contribution in [0.3, 0.4) is 0 Å². The summed E-state index contributed by atoms with van der Waals surface area (Å²) < 4.78 is 5.17. The number of nitrogens with one attached hydrogen (secondary N) is 1. The Morgan fingerprint density at radius 1 is 1.36 bits per heavy atom. The minimum absolute atomic E-state index is 0.168. The molecule has 5 heteroatoms. The molecule has 0 fully saturated rings. The summed E-state index contributed by atoms with van der Waals surface area (Å²) >= 11 is 0. The summed E-state index contributed by atoms with van der Waals surface area (Å²) in [7, 11) is 0. The highest BCUT2D eigenvalue weighted by Crippen LogP contribution is 2.15. The molecule has 0 aliphatic carbocycles. The zero-order valence-corrected chi connectivity index (χ0v) is 7.43. The van der Waals surface area contributed by atoms with Crippen LogP contribution in [0.15, 0.2) is 24.3 Å². The highest BCUT2D eigenvalue weighted by atomic mass is 16.5. The lowest BCUT2D eigenvalue weighted by Gasteiger charge is -2.05. The van der Waals surface area contributed by atoms with Crippen LogP contribution in [0.1, 0.15) is 0 Å². The van der Waals surface area contributed by atoms with Crippen molar-refractivity contribution in [3.63, 3.8) is 0 Å². The van der Waals surface area contributed by atoms with Crippen LogP contribution in [-0.2, 0) is 0 Å². The largest absolute Gasteiger partial charge is 0.508 e. The zero-order valence-electron chi connectivity index (χ0n) is 7.43. The van der Waals surface area contributed by atoms with Gasteiger partial charge in [-0.2, -0.15) is 0 Å². The Balaban J connectivity index is 2.25. The molecule has 0 unspecified atom stereocenters. The van der Waals surface area contributed by atoms with Gasteiger partial charge in [-0.1, -0.05) is 0 Å². The van der Waals surface area contributed by atoms with Crippen LogP contribution in [0.2, 0.25) is 0 Å². The first kappa shape index (κ1) is 10.2.